The van der Waals surface area contributed by atoms with Gasteiger partial charge in [0.15, 0.2) is 0 Å². The molecule has 0 spiro atoms. The molecular weight excluding hydrogens is 208 g/mol. The molecule has 2 N–H and O–H groups in total. The van der Waals surface area contributed by atoms with Crippen molar-refractivity contribution >= 4 is 17.1 Å². The van der Waals surface area contributed by atoms with Crippen molar-refractivity contribution in [3.05, 3.63) is 40.7 Å². The number of fused-ring (bicyclic) bond motifs is 1. The standard InChI is InChI=1S/C12H13ClN2/c1-8-10(13)9-4-2-3-7-15(9)11(8)12(14)5-6-12/h2-4,7H,5-6,14H2,1H3. The first-order valence-corrected chi connectivity index (χ1v) is 5.56. The Labute approximate surface area is 93.6 Å². The lowest BCUT2D eigenvalue weighted by Gasteiger charge is -2.10. The third-order valence-electron chi connectivity index (χ3n) is 3.27. The Morgan fingerprint density at radius 1 is 1.40 bits per heavy atom. The van der Waals surface area contributed by atoms with Crippen molar-refractivity contribution in [1.82, 2.24) is 4.40 Å². The van der Waals surface area contributed by atoms with E-state index in [4.69, 9.17) is 17.3 Å². The van der Waals surface area contributed by atoms with Crippen molar-refractivity contribution in [3.63, 3.8) is 0 Å². The molecule has 0 saturated heterocycles. The SMILES string of the molecule is Cc1c(Cl)c2ccccn2c1C1(N)CC1. The molecule has 0 atom stereocenters. The first kappa shape index (κ1) is 9.25. The second kappa shape index (κ2) is 2.77. The van der Waals surface area contributed by atoms with Crippen LogP contribution >= 0.6 is 11.6 Å². The second-order valence-electron chi connectivity index (χ2n) is 4.40. The normalized spacial score (nSPS) is 18.3. The summed E-state index contributed by atoms with van der Waals surface area (Å²) >= 11 is 6.30. The molecule has 0 radical (unpaired) electrons. The number of nitrogens with zero attached hydrogens (tertiary/aromatic N) is 1. The molecule has 2 aromatic rings. The smallest absolute Gasteiger partial charge is 0.0693 e. The van der Waals surface area contributed by atoms with Crippen LogP contribution in [0.3, 0.4) is 0 Å². The number of nitrogens with two attached hydrogens (primary N) is 1. The molecule has 2 heterocycles. The Morgan fingerprint density at radius 2 is 2.13 bits per heavy atom. The van der Waals surface area contributed by atoms with Crippen molar-refractivity contribution in [2.45, 2.75) is 25.3 Å². The highest BCUT2D eigenvalue weighted by atomic mass is 35.5. The summed E-state index contributed by atoms with van der Waals surface area (Å²) in [6, 6.07) is 6.04. The summed E-state index contributed by atoms with van der Waals surface area (Å²) < 4.78 is 2.13. The Kier molecular flexibility index (Phi) is 1.71. The van der Waals surface area contributed by atoms with E-state index in [1.807, 2.05) is 24.4 Å². The van der Waals surface area contributed by atoms with Crippen LogP contribution in [0.15, 0.2) is 24.4 Å². The molecule has 78 valence electrons. The fourth-order valence-corrected chi connectivity index (χ4v) is 2.52. The van der Waals surface area contributed by atoms with E-state index in [0.29, 0.717) is 0 Å². The molecule has 1 saturated carbocycles. The Morgan fingerprint density at radius 3 is 2.80 bits per heavy atom. The van der Waals surface area contributed by atoms with Gasteiger partial charge >= 0.3 is 0 Å². The third kappa shape index (κ3) is 1.15. The predicted octanol–water partition coefficient (Wildman–Crippen LogP) is 2.85. The first-order valence-electron chi connectivity index (χ1n) is 5.18. The highest BCUT2D eigenvalue weighted by Crippen LogP contribution is 2.46. The average Bonchev–Trinajstić information content (AvgIpc) is 2.91. The zero-order valence-electron chi connectivity index (χ0n) is 8.63. The largest absolute Gasteiger partial charge is 0.320 e. The molecule has 15 heavy (non-hydrogen) atoms. The van der Waals surface area contributed by atoms with Crippen LogP contribution in [0.25, 0.3) is 5.52 Å². The topological polar surface area (TPSA) is 30.4 Å². The Hall–Kier alpha value is -0.990. The van der Waals surface area contributed by atoms with Gasteiger partial charge in [-0.2, -0.15) is 0 Å². The molecule has 0 bridgehead atoms. The van der Waals surface area contributed by atoms with Gasteiger partial charge in [0, 0.05) is 11.9 Å². The van der Waals surface area contributed by atoms with Crippen LogP contribution in [0.4, 0.5) is 0 Å². The number of aromatic nitrogens is 1. The van der Waals surface area contributed by atoms with Gasteiger partial charge in [0.1, 0.15) is 0 Å². The minimum Gasteiger partial charge on any atom is -0.320 e. The summed E-state index contributed by atoms with van der Waals surface area (Å²) in [4.78, 5) is 0. The van der Waals surface area contributed by atoms with Crippen LogP contribution in [0.2, 0.25) is 5.02 Å². The summed E-state index contributed by atoms with van der Waals surface area (Å²) in [5.74, 6) is 0. The zero-order valence-corrected chi connectivity index (χ0v) is 9.38. The summed E-state index contributed by atoms with van der Waals surface area (Å²) in [5, 5.41) is 0.835. The Bertz CT molecular complexity index is 538. The molecule has 2 aromatic heterocycles. The molecule has 0 aromatic carbocycles. The van der Waals surface area contributed by atoms with Gasteiger partial charge in [-0.25, -0.2) is 0 Å². The van der Waals surface area contributed by atoms with Crippen molar-refractivity contribution < 1.29 is 0 Å². The fraction of sp³-hybridized carbons (Fsp3) is 0.333. The van der Waals surface area contributed by atoms with Crippen LogP contribution in [0.1, 0.15) is 24.1 Å². The van der Waals surface area contributed by atoms with E-state index >= 15 is 0 Å². The van der Waals surface area contributed by atoms with Gasteiger partial charge in [-0.1, -0.05) is 17.7 Å². The van der Waals surface area contributed by atoms with Gasteiger partial charge in [0.25, 0.3) is 0 Å². The molecule has 3 rings (SSSR count). The lowest BCUT2D eigenvalue weighted by atomic mass is 10.1. The molecule has 3 heteroatoms. The summed E-state index contributed by atoms with van der Waals surface area (Å²) in [7, 11) is 0. The maximum absolute atomic E-state index is 6.30. The van der Waals surface area contributed by atoms with E-state index in [0.717, 1.165) is 28.9 Å². The highest BCUT2D eigenvalue weighted by molar-refractivity contribution is 6.35. The van der Waals surface area contributed by atoms with Crippen molar-refractivity contribution in [2.75, 3.05) is 0 Å². The number of hydrogen-bond donors (Lipinski definition) is 1. The number of pyridine rings is 1. The number of rotatable bonds is 1. The maximum atomic E-state index is 6.30. The quantitative estimate of drug-likeness (QED) is 0.787. The van der Waals surface area contributed by atoms with E-state index in [-0.39, 0.29) is 5.54 Å². The molecule has 2 nitrogen and oxygen atoms in total. The highest BCUT2D eigenvalue weighted by Gasteiger charge is 2.44. The summed E-state index contributed by atoms with van der Waals surface area (Å²) in [6.07, 6.45) is 4.16. The van der Waals surface area contributed by atoms with Gasteiger partial charge in [-0.3, -0.25) is 0 Å². The monoisotopic (exact) mass is 220 g/mol. The van der Waals surface area contributed by atoms with Crippen molar-refractivity contribution in [3.8, 4) is 0 Å². The molecule has 0 unspecified atom stereocenters. The van der Waals surface area contributed by atoms with Gasteiger partial charge in [0.2, 0.25) is 0 Å². The van der Waals surface area contributed by atoms with Gasteiger partial charge < -0.3 is 10.1 Å². The van der Waals surface area contributed by atoms with Gasteiger partial charge in [-0.05, 0) is 37.5 Å². The molecule has 1 aliphatic carbocycles. The van der Waals surface area contributed by atoms with E-state index in [2.05, 4.69) is 11.3 Å². The third-order valence-corrected chi connectivity index (χ3v) is 3.75. The first-order chi connectivity index (χ1) is 7.13. The fourth-order valence-electron chi connectivity index (χ4n) is 2.28. The number of halogens is 1. The van der Waals surface area contributed by atoms with Crippen LogP contribution in [0, 0.1) is 6.92 Å². The molecule has 0 amide bonds. The van der Waals surface area contributed by atoms with Crippen molar-refractivity contribution in [2.24, 2.45) is 5.73 Å². The van der Waals surface area contributed by atoms with E-state index < -0.39 is 0 Å². The van der Waals surface area contributed by atoms with Crippen LogP contribution in [0.5, 0.6) is 0 Å². The van der Waals surface area contributed by atoms with E-state index in [1.54, 1.807) is 0 Å². The minimum atomic E-state index is -0.137. The minimum absolute atomic E-state index is 0.137. The van der Waals surface area contributed by atoms with Crippen molar-refractivity contribution in [1.29, 1.82) is 0 Å². The van der Waals surface area contributed by atoms with Gasteiger partial charge in [0.05, 0.1) is 16.1 Å². The van der Waals surface area contributed by atoms with Crippen LogP contribution < -0.4 is 5.73 Å². The maximum Gasteiger partial charge on any atom is 0.0693 e. The summed E-state index contributed by atoms with van der Waals surface area (Å²) in [5.41, 5.74) is 9.50. The van der Waals surface area contributed by atoms with E-state index in [1.165, 1.54) is 5.69 Å². The summed E-state index contributed by atoms with van der Waals surface area (Å²) in [6.45, 7) is 2.05. The van der Waals surface area contributed by atoms with E-state index in [9.17, 15) is 0 Å². The lowest BCUT2D eigenvalue weighted by Crippen LogP contribution is -2.21. The molecule has 1 aliphatic rings. The molecular formula is C12H13ClN2. The second-order valence-corrected chi connectivity index (χ2v) is 4.78. The molecule has 1 fully saturated rings. The molecule has 0 aliphatic heterocycles. The average molecular weight is 221 g/mol. The Balaban J connectivity index is 2.42. The lowest BCUT2D eigenvalue weighted by molar-refractivity contribution is 0.693. The van der Waals surface area contributed by atoms with Crippen LogP contribution in [-0.2, 0) is 5.54 Å². The number of hydrogen-bond acceptors (Lipinski definition) is 1. The van der Waals surface area contributed by atoms with Gasteiger partial charge in [-0.15, -0.1) is 0 Å². The van der Waals surface area contributed by atoms with Crippen LogP contribution in [-0.4, -0.2) is 4.40 Å². The zero-order chi connectivity index (χ0) is 10.6. The predicted molar refractivity (Wildman–Crippen MR) is 62.2 cm³/mol.